The Morgan fingerprint density at radius 2 is 2.12 bits per heavy atom. The van der Waals surface area contributed by atoms with Gasteiger partial charge in [-0.15, -0.1) is 0 Å². The Hall–Kier alpha value is -1.38. The molecule has 92 valence electrons. The fraction of sp³-hybridized carbons (Fsp3) is 0.500. The molecule has 0 aliphatic heterocycles. The van der Waals surface area contributed by atoms with Gasteiger partial charge in [0.2, 0.25) is 0 Å². The zero-order valence-corrected chi connectivity index (χ0v) is 9.73. The maximum atomic E-state index is 13.2. The van der Waals surface area contributed by atoms with Crippen LogP contribution in [0.15, 0.2) is 24.3 Å². The summed E-state index contributed by atoms with van der Waals surface area (Å²) in [7, 11) is 0. The van der Waals surface area contributed by atoms with Gasteiger partial charge < -0.3 is 5.11 Å². The Balaban J connectivity index is 2.23. The standard InChI is InChI=1S/C14H17FO2/c15-9-13(10-4-1-2-5-10)11-6-3-7-12(8-11)14(16)17/h3,6-8,10,13H,1-2,4-5,9H2,(H,16,17). The Bertz CT molecular complexity index is 397. The Labute approximate surface area is 100 Å². The molecule has 1 aliphatic rings. The first-order valence-electron chi connectivity index (χ1n) is 6.11. The van der Waals surface area contributed by atoms with Crippen molar-refractivity contribution in [3.63, 3.8) is 0 Å². The first-order chi connectivity index (χ1) is 8.22. The predicted octanol–water partition coefficient (Wildman–Crippen LogP) is 3.63. The quantitative estimate of drug-likeness (QED) is 0.866. The van der Waals surface area contributed by atoms with Crippen LogP contribution >= 0.6 is 0 Å². The highest BCUT2D eigenvalue weighted by molar-refractivity contribution is 5.87. The first kappa shape index (κ1) is 12.1. The molecule has 0 amide bonds. The number of aromatic carboxylic acids is 1. The highest BCUT2D eigenvalue weighted by Crippen LogP contribution is 2.37. The van der Waals surface area contributed by atoms with Crippen LogP contribution in [0.1, 0.15) is 47.5 Å². The van der Waals surface area contributed by atoms with Crippen molar-refractivity contribution in [1.29, 1.82) is 0 Å². The lowest BCUT2D eigenvalue weighted by atomic mass is 9.85. The molecule has 1 saturated carbocycles. The topological polar surface area (TPSA) is 37.3 Å². The van der Waals surface area contributed by atoms with Crippen LogP contribution in [0.3, 0.4) is 0 Å². The number of rotatable bonds is 4. The Kier molecular flexibility index (Phi) is 3.77. The highest BCUT2D eigenvalue weighted by Gasteiger charge is 2.26. The molecule has 1 fully saturated rings. The van der Waals surface area contributed by atoms with E-state index in [2.05, 4.69) is 0 Å². The molecule has 1 aliphatic carbocycles. The van der Waals surface area contributed by atoms with Crippen molar-refractivity contribution in [2.24, 2.45) is 5.92 Å². The van der Waals surface area contributed by atoms with Gasteiger partial charge in [-0.1, -0.05) is 25.0 Å². The lowest BCUT2D eigenvalue weighted by Crippen LogP contribution is -2.12. The molecule has 0 spiro atoms. The molecule has 0 heterocycles. The predicted molar refractivity (Wildman–Crippen MR) is 64.1 cm³/mol. The summed E-state index contributed by atoms with van der Waals surface area (Å²) < 4.78 is 13.2. The summed E-state index contributed by atoms with van der Waals surface area (Å²) in [6.45, 7) is -0.395. The fourth-order valence-corrected chi connectivity index (χ4v) is 2.75. The van der Waals surface area contributed by atoms with Gasteiger partial charge in [0.25, 0.3) is 0 Å². The van der Waals surface area contributed by atoms with Gasteiger partial charge in [-0.05, 0) is 36.5 Å². The second kappa shape index (κ2) is 5.30. The summed E-state index contributed by atoms with van der Waals surface area (Å²) in [6.07, 6.45) is 4.46. The molecule has 2 rings (SSSR count). The van der Waals surface area contributed by atoms with Crippen LogP contribution in [0.25, 0.3) is 0 Å². The molecule has 17 heavy (non-hydrogen) atoms. The number of carbonyl (C=O) groups is 1. The summed E-state index contributed by atoms with van der Waals surface area (Å²) in [4.78, 5) is 10.9. The van der Waals surface area contributed by atoms with Gasteiger partial charge in [0.1, 0.15) is 0 Å². The monoisotopic (exact) mass is 236 g/mol. The molecule has 1 N–H and O–H groups in total. The van der Waals surface area contributed by atoms with Gasteiger partial charge in [0, 0.05) is 5.92 Å². The molecule has 1 aromatic rings. The van der Waals surface area contributed by atoms with Crippen LogP contribution in [0.4, 0.5) is 4.39 Å². The number of hydrogen-bond acceptors (Lipinski definition) is 1. The largest absolute Gasteiger partial charge is 0.478 e. The summed E-state index contributed by atoms with van der Waals surface area (Å²) in [6, 6.07) is 6.71. The van der Waals surface area contributed by atoms with Crippen molar-refractivity contribution in [3.8, 4) is 0 Å². The van der Waals surface area contributed by atoms with Gasteiger partial charge in [-0.3, -0.25) is 4.39 Å². The zero-order chi connectivity index (χ0) is 12.3. The minimum Gasteiger partial charge on any atom is -0.478 e. The van der Waals surface area contributed by atoms with Gasteiger partial charge in [-0.2, -0.15) is 0 Å². The van der Waals surface area contributed by atoms with E-state index in [4.69, 9.17) is 5.11 Å². The SMILES string of the molecule is O=C(O)c1cccc(C(CF)C2CCCC2)c1. The summed E-state index contributed by atoms with van der Waals surface area (Å²) in [5, 5.41) is 8.94. The summed E-state index contributed by atoms with van der Waals surface area (Å²) in [5.41, 5.74) is 1.08. The van der Waals surface area contributed by atoms with Crippen molar-refractivity contribution in [1.82, 2.24) is 0 Å². The average molecular weight is 236 g/mol. The van der Waals surface area contributed by atoms with Gasteiger partial charge in [0.05, 0.1) is 12.2 Å². The van der Waals surface area contributed by atoms with Crippen molar-refractivity contribution < 1.29 is 14.3 Å². The van der Waals surface area contributed by atoms with Crippen molar-refractivity contribution in [2.75, 3.05) is 6.67 Å². The maximum absolute atomic E-state index is 13.2. The van der Waals surface area contributed by atoms with Crippen LogP contribution in [-0.4, -0.2) is 17.8 Å². The molecule has 0 aromatic heterocycles. The number of hydrogen-bond donors (Lipinski definition) is 1. The molecule has 1 aromatic carbocycles. The minimum absolute atomic E-state index is 0.128. The van der Waals surface area contributed by atoms with Crippen LogP contribution in [-0.2, 0) is 0 Å². The van der Waals surface area contributed by atoms with E-state index in [1.54, 1.807) is 18.2 Å². The number of carboxylic acid groups (broad SMARTS) is 1. The van der Waals surface area contributed by atoms with E-state index >= 15 is 0 Å². The van der Waals surface area contributed by atoms with Crippen LogP contribution in [0, 0.1) is 5.92 Å². The number of alkyl halides is 1. The van der Waals surface area contributed by atoms with E-state index in [0.29, 0.717) is 5.92 Å². The van der Waals surface area contributed by atoms with E-state index in [-0.39, 0.29) is 11.5 Å². The second-order valence-corrected chi connectivity index (χ2v) is 4.74. The molecular formula is C14H17FO2. The van der Waals surface area contributed by atoms with E-state index in [1.807, 2.05) is 6.07 Å². The first-order valence-corrected chi connectivity index (χ1v) is 6.11. The van der Waals surface area contributed by atoms with Gasteiger partial charge in [0.15, 0.2) is 0 Å². The van der Waals surface area contributed by atoms with Crippen molar-refractivity contribution >= 4 is 5.97 Å². The molecule has 0 radical (unpaired) electrons. The second-order valence-electron chi connectivity index (χ2n) is 4.74. The molecule has 0 saturated heterocycles. The smallest absolute Gasteiger partial charge is 0.335 e. The van der Waals surface area contributed by atoms with E-state index in [0.717, 1.165) is 18.4 Å². The number of halogens is 1. The lowest BCUT2D eigenvalue weighted by Gasteiger charge is -2.20. The van der Waals surface area contributed by atoms with Gasteiger partial charge >= 0.3 is 5.97 Å². The van der Waals surface area contributed by atoms with E-state index in [9.17, 15) is 9.18 Å². The molecule has 3 heteroatoms. The molecule has 2 nitrogen and oxygen atoms in total. The summed E-state index contributed by atoms with van der Waals surface area (Å²) in [5.74, 6) is -0.697. The van der Waals surface area contributed by atoms with E-state index < -0.39 is 12.6 Å². The van der Waals surface area contributed by atoms with Crippen LogP contribution in [0.2, 0.25) is 0 Å². The highest BCUT2D eigenvalue weighted by atomic mass is 19.1. The lowest BCUT2D eigenvalue weighted by molar-refractivity contribution is 0.0696. The third-order valence-corrected chi connectivity index (χ3v) is 3.70. The average Bonchev–Trinajstić information content (AvgIpc) is 2.84. The Morgan fingerprint density at radius 3 is 2.71 bits per heavy atom. The Morgan fingerprint density at radius 1 is 1.41 bits per heavy atom. The molecule has 1 atom stereocenters. The molecule has 0 bridgehead atoms. The third-order valence-electron chi connectivity index (χ3n) is 3.70. The van der Waals surface area contributed by atoms with Crippen molar-refractivity contribution in [3.05, 3.63) is 35.4 Å². The van der Waals surface area contributed by atoms with Crippen LogP contribution < -0.4 is 0 Å². The molecular weight excluding hydrogens is 219 g/mol. The van der Waals surface area contributed by atoms with Crippen LogP contribution in [0.5, 0.6) is 0 Å². The van der Waals surface area contributed by atoms with Crippen molar-refractivity contribution in [2.45, 2.75) is 31.6 Å². The third kappa shape index (κ3) is 2.65. The normalized spacial score (nSPS) is 18.2. The number of carboxylic acids is 1. The zero-order valence-electron chi connectivity index (χ0n) is 9.73. The fourth-order valence-electron chi connectivity index (χ4n) is 2.75. The molecule has 1 unspecified atom stereocenters. The van der Waals surface area contributed by atoms with E-state index in [1.165, 1.54) is 12.8 Å². The number of benzene rings is 1. The van der Waals surface area contributed by atoms with Gasteiger partial charge in [-0.25, -0.2) is 4.79 Å². The minimum atomic E-state index is -0.948. The maximum Gasteiger partial charge on any atom is 0.335 e. The summed E-state index contributed by atoms with van der Waals surface area (Å²) >= 11 is 0.